The molecule has 0 radical (unpaired) electrons. The molecule has 0 heterocycles. The molecule has 0 bridgehead atoms. The van der Waals surface area contributed by atoms with Gasteiger partial charge in [-0.05, 0) is 24.0 Å². The Labute approximate surface area is 149 Å². The molecule has 5 heteroatoms. The molecule has 0 aliphatic carbocycles. The minimum Gasteiger partial charge on any atom is -0.390 e. The van der Waals surface area contributed by atoms with E-state index in [9.17, 15) is 10.2 Å². The van der Waals surface area contributed by atoms with E-state index >= 15 is 0 Å². The van der Waals surface area contributed by atoms with Crippen LogP contribution in [-0.4, -0.2) is 47.6 Å². The van der Waals surface area contributed by atoms with E-state index in [1.807, 2.05) is 60.7 Å². The van der Waals surface area contributed by atoms with Crippen LogP contribution in [0, 0.1) is 0 Å². The Kier molecular flexibility index (Phi) is 8.04. The number of hydrogen-bond acceptors (Lipinski definition) is 5. The highest BCUT2D eigenvalue weighted by Crippen LogP contribution is 2.06. The van der Waals surface area contributed by atoms with Crippen molar-refractivity contribution in [3.8, 4) is 0 Å². The molecule has 0 saturated heterocycles. The third-order valence-corrected chi connectivity index (χ3v) is 4.32. The van der Waals surface area contributed by atoms with E-state index in [2.05, 4.69) is 5.32 Å². The third-order valence-electron chi connectivity index (χ3n) is 4.32. The van der Waals surface area contributed by atoms with Crippen molar-refractivity contribution in [3.63, 3.8) is 0 Å². The molecule has 0 aliphatic rings. The fourth-order valence-electron chi connectivity index (χ4n) is 2.73. The van der Waals surface area contributed by atoms with Crippen LogP contribution in [-0.2, 0) is 12.8 Å². The van der Waals surface area contributed by atoms with Gasteiger partial charge in [0, 0.05) is 25.2 Å². The highest BCUT2D eigenvalue weighted by atomic mass is 16.3. The highest BCUT2D eigenvalue weighted by molar-refractivity contribution is 5.17. The summed E-state index contributed by atoms with van der Waals surface area (Å²) in [7, 11) is 0. The van der Waals surface area contributed by atoms with Crippen LogP contribution in [0.15, 0.2) is 60.7 Å². The zero-order valence-corrected chi connectivity index (χ0v) is 14.5. The van der Waals surface area contributed by atoms with Gasteiger partial charge in [0.2, 0.25) is 0 Å². The number of aliphatic hydroxyl groups is 2. The lowest BCUT2D eigenvalue weighted by atomic mass is 10.0. The van der Waals surface area contributed by atoms with Crippen molar-refractivity contribution >= 4 is 0 Å². The van der Waals surface area contributed by atoms with Crippen LogP contribution < -0.4 is 16.8 Å². The molecule has 0 saturated carbocycles. The lowest BCUT2D eigenvalue weighted by Gasteiger charge is -2.22. The Morgan fingerprint density at radius 2 is 1.04 bits per heavy atom. The lowest BCUT2D eigenvalue weighted by Crippen LogP contribution is -2.47. The van der Waals surface area contributed by atoms with Gasteiger partial charge in [-0.25, -0.2) is 0 Å². The van der Waals surface area contributed by atoms with E-state index in [1.54, 1.807) is 0 Å². The second-order valence-corrected chi connectivity index (χ2v) is 6.50. The van der Waals surface area contributed by atoms with Crippen molar-refractivity contribution in [1.29, 1.82) is 0 Å². The Hall–Kier alpha value is -1.76. The first-order valence-electron chi connectivity index (χ1n) is 8.72. The quantitative estimate of drug-likeness (QED) is 0.430. The second-order valence-electron chi connectivity index (χ2n) is 6.50. The van der Waals surface area contributed by atoms with Crippen molar-refractivity contribution < 1.29 is 10.2 Å². The molecule has 7 N–H and O–H groups in total. The van der Waals surface area contributed by atoms with Gasteiger partial charge in [0.05, 0.1) is 12.2 Å². The summed E-state index contributed by atoms with van der Waals surface area (Å²) in [6.07, 6.45) is -0.144. The standard InChI is InChI=1S/C20H29N3O2/c21-17(11-15-7-3-1-4-8-15)19(24)13-23-14-20(25)18(22)12-16-9-5-2-6-10-16/h1-10,17-20,23-25H,11-14,21-22H2/t17?,18?,19-,20+. The molecule has 0 aromatic heterocycles. The average molecular weight is 343 g/mol. The molecule has 0 spiro atoms. The SMILES string of the molecule is NC(Cc1ccccc1)[C@H](O)CNC[C@H](O)C(N)Cc1ccccc1. The van der Waals surface area contributed by atoms with Crippen LogP contribution in [0.5, 0.6) is 0 Å². The van der Waals surface area contributed by atoms with Crippen molar-refractivity contribution in [2.75, 3.05) is 13.1 Å². The Balaban J connectivity index is 1.68. The van der Waals surface area contributed by atoms with E-state index in [0.717, 1.165) is 11.1 Å². The molecule has 5 nitrogen and oxygen atoms in total. The van der Waals surface area contributed by atoms with Gasteiger partial charge in [-0.15, -0.1) is 0 Å². The topological polar surface area (TPSA) is 105 Å². The van der Waals surface area contributed by atoms with Crippen LogP contribution >= 0.6 is 0 Å². The first kappa shape index (κ1) is 19.6. The summed E-state index contributed by atoms with van der Waals surface area (Å²) in [5.74, 6) is 0. The summed E-state index contributed by atoms with van der Waals surface area (Å²) in [5, 5.41) is 23.4. The maximum Gasteiger partial charge on any atom is 0.0818 e. The Morgan fingerprint density at radius 3 is 1.40 bits per heavy atom. The molecule has 0 amide bonds. The molecule has 2 rings (SSSR count). The largest absolute Gasteiger partial charge is 0.390 e. The van der Waals surface area contributed by atoms with Crippen LogP contribution in [0.4, 0.5) is 0 Å². The molecule has 4 atom stereocenters. The molecular formula is C20H29N3O2. The predicted molar refractivity (Wildman–Crippen MR) is 101 cm³/mol. The van der Waals surface area contributed by atoms with E-state index in [0.29, 0.717) is 25.9 Å². The van der Waals surface area contributed by atoms with Crippen LogP contribution in [0.2, 0.25) is 0 Å². The first-order valence-corrected chi connectivity index (χ1v) is 8.72. The molecule has 136 valence electrons. The van der Waals surface area contributed by atoms with Crippen LogP contribution in [0.3, 0.4) is 0 Å². The number of nitrogens with two attached hydrogens (primary N) is 2. The van der Waals surface area contributed by atoms with Gasteiger partial charge in [0.25, 0.3) is 0 Å². The second kappa shape index (κ2) is 10.3. The molecule has 0 fully saturated rings. The Bertz CT molecular complexity index is 541. The summed E-state index contributed by atoms with van der Waals surface area (Å²) in [6.45, 7) is 0.645. The summed E-state index contributed by atoms with van der Waals surface area (Å²) < 4.78 is 0. The lowest BCUT2D eigenvalue weighted by molar-refractivity contribution is 0.116. The molecule has 25 heavy (non-hydrogen) atoms. The monoisotopic (exact) mass is 343 g/mol. The minimum absolute atomic E-state index is 0.323. The molecular weight excluding hydrogens is 314 g/mol. The maximum atomic E-state index is 10.2. The number of aliphatic hydroxyl groups excluding tert-OH is 2. The van der Waals surface area contributed by atoms with Crippen LogP contribution in [0.1, 0.15) is 11.1 Å². The number of hydrogen-bond donors (Lipinski definition) is 5. The van der Waals surface area contributed by atoms with Crippen molar-refractivity contribution in [2.24, 2.45) is 11.5 Å². The summed E-state index contributed by atoms with van der Waals surface area (Å²) in [5.41, 5.74) is 14.3. The molecule has 0 aliphatic heterocycles. The van der Waals surface area contributed by atoms with E-state index in [-0.39, 0.29) is 12.1 Å². The predicted octanol–water partition coefficient (Wildman–Crippen LogP) is 0.438. The van der Waals surface area contributed by atoms with Crippen LogP contribution in [0.25, 0.3) is 0 Å². The summed E-state index contributed by atoms with van der Waals surface area (Å²) in [4.78, 5) is 0. The summed E-state index contributed by atoms with van der Waals surface area (Å²) >= 11 is 0. The molecule has 2 aromatic carbocycles. The minimum atomic E-state index is -0.683. The number of benzene rings is 2. The zero-order valence-electron chi connectivity index (χ0n) is 14.5. The van der Waals surface area contributed by atoms with E-state index in [4.69, 9.17) is 11.5 Å². The normalized spacial score (nSPS) is 16.2. The van der Waals surface area contributed by atoms with Crippen molar-refractivity contribution in [2.45, 2.75) is 37.1 Å². The fourth-order valence-corrected chi connectivity index (χ4v) is 2.73. The van der Waals surface area contributed by atoms with Gasteiger partial charge in [0.15, 0.2) is 0 Å². The van der Waals surface area contributed by atoms with Gasteiger partial charge >= 0.3 is 0 Å². The number of rotatable bonds is 10. The zero-order chi connectivity index (χ0) is 18.1. The smallest absolute Gasteiger partial charge is 0.0818 e. The van der Waals surface area contributed by atoms with E-state index < -0.39 is 12.2 Å². The van der Waals surface area contributed by atoms with Gasteiger partial charge in [-0.2, -0.15) is 0 Å². The average Bonchev–Trinajstić information content (AvgIpc) is 2.63. The van der Waals surface area contributed by atoms with E-state index in [1.165, 1.54) is 0 Å². The number of nitrogens with one attached hydrogen (secondary N) is 1. The highest BCUT2D eigenvalue weighted by Gasteiger charge is 2.18. The maximum absolute atomic E-state index is 10.2. The molecule has 2 unspecified atom stereocenters. The summed E-state index contributed by atoms with van der Waals surface area (Å²) in [6, 6.07) is 19.0. The molecule has 2 aromatic rings. The van der Waals surface area contributed by atoms with Gasteiger partial charge in [-0.3, -0.25) is 0 Å². The fraction of sp³-hybridized carbons (Fsp3) is 0.400. The Morgan fingerprint density at radius 1 is 0.680 bits per heavy atom. The third kappa shape index (κ3) is 6.94. The first-order chi connectivity index (χ1) is 12.1. The van der Waals surface area contributed by atoms with Gasteiger partial charge in [-0.1, -0.05) is 60.7 Å². The van der Waals surface area contributed by atoms with Crippen molar-refractivity contribution in [3.05, 3.63) is 71.8 Å². The van der Waals surface area contributed by atoms with Gasteiger partial charge in [0.1, 0.15) is 0 Å². The van der Waals surface area contributed by atoms with Gasteiger partial charge < -0.3 is 27.0 Å². The van der Waals surface area contributed by atoms with Crippen molar-refractivity contribution in [1.82, 2.24) is 5.32 Å².